The van der Waals surface area contributed by atoms with Crippen molar-refractivity contribution >= 4 is 11.8 Å². The Kier molecular flexibility index (Phi) is 3.57. The highest BCUT2D eigenvalue weighted by atomic mass is 16.6. The van der Waals surface area contributed by atoms with Crippen LogP contribution >= 0.6 is 0 Å². The second kappa shape index (κ2) is 5.15. The van der Waals surface area contributed by atoms with E-state index < -0.39 is 29.4 Å². The van der Waals surface area contributed by atoms with Crippen molar-refractivity contribution in [2.24, 2.45) is 0 Å². The second-order valence-corrected chi connectivity index (χ2v) is 4.27. The lowest BCUT2D eigenvalue weighted by molar-refractivity contribution is -0.490. The Morgan fingerprint density at radius 1 is 1.21 bits per heavy atom. The van der Waals surface area contributed by atoms with E-state index in [-0.39, 0.29) is 13.0 Å². The van der Waals surface area contributed by atoms with Gasteiger partial charge in [0, 0.05) is 11.5 Å². The summed E-state index contributed by atoms with van der Waals surface area (Å²) in [5, 5.41) is 19.6. The topological polar surface area (TPSA) is 101 Å². The van der Waals surface area contributed by atoms with Crippen molar-refractivity contribution in [3.63, 3.8) is 0 Å². The van der Waals surface area contributed by atoms with Crippen LogP contribution in [-0.2, 0) is 0 Å². The van der Waals surface area contributed by atoms with Crippen LogP contribution in [0.5, 0.6) is 0 Å². The fraction of sp³-hybridized carbons (Fsp3) is 0.333. The molecule has 0 saturated heterocycles. The monoisotopic (exact) mass is 264 g/mol. The first-order valence-corrected chi connectivity index (χ1v) is 5.76. The highest BCUT2D eigenvalue weighted by Gasteiger charge is 2.35. The van der Waals surface area contributed by atoms with Gasteiger partial charge >= 0.3 is 0 Å². The molecule has 0 aliphatic carbocycles. The van der Waals surface area contributed by atoms with Gasteiger partial charge in [-0.25, -0.2) is 0 Å². The van der Waals surface area contributed by atoms with Crippen molar-refractivity contribution in [2.75, 3.05) is 13.1 Å². The molecule has 2 amide bonds. The first-order chi connectivity index (χ1) is 9.00. The fourth-order valence-corrected chi connectivity index (χ4v) is 1.98. The highest BCUT2D eigenvalue weighted by molar-refractivity contribution is 6.21. The van der Waals surface area contributed by atoms with Crippen LogP contribution in [0.1, 0.15) is 27.1 Å². The molecule has 7 nitrogen and oxygen atoms in total. The number of amides is 2. The average molecular weight is 264 g/mol. The summed E-state index contributed by atoms with van der Waals surface area (Å²) >= 11 is 0. The standard InChI is InChI=1S/C12H12N2O5/c15-8(7-14(18)19)5-6-13-11(16)9-3-1-2-4-10(9)12(13)17/h1-4,8,15H,5-7H2/t8-/m1/s1. The quantitative estimate of drug-likeness (QED) is 0.468. The van der Waals surface area contributed by atoms with E-state index in [2.05, 4.69) is 0 Å². The molecule has 1 atom stereocenters. The minimum atomic E-state index is -1.17. The first kappa shape index (κ1) is 13.2. The van der Waals surface area contributed by atoms with Crippen LogP contribution in [0.4, 0.5) is 0 Å². The lowest BCUT2D eigenvalue weighted by Crippen LogP contribution is -2.34. The number of fused-ring (bicyclic) bond motifs is 1. The van der Waals surface area contributed by atoms with E-state index in [4.69, 9.17) is 0 Å². The Hall–Kier alpha value is -2.28. The summed E-state index contributed by atoms with van der Waals surface area (Å²) in [5.74, 6) is -0.845. The third kappa shape index (κ3) is 2.60. The number of carbonyl (C=O) groups excluding carboxylic acids is 2. The number of hydrogen-bond donors (Lipinski definition) is 1. The van der Waals surface area contributed by atoms with Crippen LogP contribution in [0.25, 0.3) is 0 Å². The molecule has 19 heavy (non-hydrogen) atoms. The second-order valence-electron chi connectivity index (χ2n) is 4.27. The van der Waals surface area contributed by atoms with Gasteiger partial charge in [0.15, 0.2) is 0 Å². The minimum absolute atomic E-state index is 0.00749. The maximum Gasteiger partial charge on any atom is 0.261 e. The van der Waals surface area contributed by atoms with E-state index in [0.29, 0.717) is 11.1 Å². The zero-order valence-corrected chi connectivity index (χ0v) is 9.98. The van der Waals surface area contributed by atoms with Gasteiger partial charge in [-0.15, -0.1) is 0 Å². The molecular formula is C12H12N2O5. The van der Waals surface area contributed by atoms with Crippen molar-refractivity contribution in [3.05, 3.63) is 45.5 Å². The van der Waals surface area contributed by atoms with Gasteiger partial charge in [-0.3, -0.25) is 24.6 Å². The molecule has 2 rings (SSSR count). The Balaban J connectivity index is 2.02. The molecule has 0 spiro atoms. The predicted molar refractivity (Wildman–Crippen MR) is 64.3 cm³/mol. The summed E-state index contributed by atoms with van der Waals surface area (Å²) in [7, 11) is 0. The molecule has 1 N–H and O–H groups in total. The zero-order chi connectivity index (χ0) is 14.0. The van der Waals surface area contributed by atoms with Crippen molar-refractivity contribution in [3.8, 4) is 0 Å². The average Bonchev–Trinajstić information content (AvgIpc) is 2.60. The SMILES string of the molecule is O=C1c2ccccc2C(=O)N1CC[C@@H](O)C[N+](=O)[O-]. The van der Waals surface area contributed by atoms with Crippen LogP contribution in [0.3, 0.4) is 0 Å². The molecule has 1 aromatic carbocycles. The fourth-order valence-electron chi connectivity index (χ4n) is 1.98. The van der Waals surface area contributed by atoms with Crippen LogP contribution < -0.4 is 0 Å². The number of hydrogen-bond acceptors (Lipinski definition) is 5. The number of aliphatic hydroxyl groups is 1. The van der Waals surface area contributed by atoms with Gasteiger partial charge in [-0.05, 0) is 18.6 Å². The zero-order valence-electron chi connectivity index (χ0n) is 9.98. The molecular weight excluding hydrogens is 252 g/mol. The Morgan fingerprint density at radius 3 is 2.21 bits per heavy atom. The molecule has 0 unspecified atom stereocenters. The van der Waals surface area contributed by atoms with Crippen molar-refractivity contribution in [1.82, 2.24) is 4.90 Å². The van der Waals surface area contributed by atoms with E-state index >= 15 is 0 Å². The van der Waals surface area contributed by atoms with Crippen LogP contribution in [0, 0.1) is 10.1 Å². The minimum Gasteiger partial charge on any atom is -0.386 e. The predicted octanol–water partition coefficient (Wildman–Crippen LogP) is 0.310. The molecule has 0 bridgehead atoms. The number of rotatable bonds is 5. The Labute approximate surface area is 108 Å². The third-order valence-corrected chi connectivity index (χ3v) is 2.92. The van der Waals surface area contributed by atoms with E-state index in [1.165, 1.54) is 0 Å². The number of aliphatic hydroxyl groups excluding tert-OH is 1. The lowest BCUT2D eigenvalue weighted by atomic mass is 10.1. The normalized spacial score (nSPS) is 15.5. The van der Waals surface area contributed by atoms with E-state index in [0.717, 1.165) is 4.90 Å². The van der Waals surface area contributed by atoms with Crippen molar-refractivity contribution < 1.29 is 19.6 Å². The van der Waals surface area contributed by atoms with Gasteiger partial charge in [0.1, 0.15) is 6.10 Å². The number of nitro groups is 1. The van der Waals surface area contributed by atoms with Gasteiger partial charge in [-0.2, -0.15) is 0 Å². The summed E-state index contributed by atoms with van der Waals surface area (Å²) in [4.78, 5) is 34.4. The van der Waals surface area contributed by atoms with Gasteiger partial charge in [0.05, 0.1) is 11.1 Å². The van der Waals surface area contributed by atoms with Crippen molar-refractivity contribution in [1.29, 1.82) is 0 Å². The van der Waals surface area contributed by atoms with E-state index in [9.17, 15) is 24.8 Å². The van der Waals surface area contributed by atoms with Crippen LogP contribution in [-0.4, -0.2) is 45.9 Å². The molecule has 0 aromatic heterocycles. The van der Waals surface area contributed by atoms with E-state index in [1.54, 1.807) is 24.3 Å². The molecule has 100 valence electrons. The third-order valence-electron chi connectivity index (χ3n) is 2.92. The number of nitrogens with zero attached hydrogens (tertiary/aromatic N) is 2. The molecule has 0 fully saturated rings. The summed E-state index contributed by atoms with van der Waals surface area (Å²) in [5.41, 5.74) is 0.660. The summed E-state index contributed by atoms with van der Waals surface area (Å²) in [6, 6.07) is 6.44. The number of carbonyl (C=O) groups is 2. The Morgan fingerprint density at radius 2 is 1.74 bits per heavy atom. The van der Waals surface area contributed by atoms with Gasteiger partial charge in [-0.1, -0.05) is 12.1 Å². The smallest absolute Gasteiger partial charge is 0.261 e. The molecule has 0 saturated carbocycles. The van der Waals surface area contributed by atoms with E-state index in [1.807, 2.05) is 0 Å². The molecule has 1 aromatic rings. The number of imide groups is 1. The maximum absolute atomic E-state index is 11.9. The Bertz CT molecular complexity index is 508. The molecule has 1 aliphatic heterocycles. The van der Waals surface area contributed by atoms with Gasteiger partial charge in [0.25, 0.3) is 11.8 Å². The maximum atomic E-state index is 11.9. The van der Waals surface area contributed by atoms with Crippen molar-refractivity contribution in [2.45, 2.75) is 12.5 Å². The largest absolute Gasteiger partial charge is 0.386 e. The lowest BCUT2D eigenvalue weighted by Gasteiger charge is -2.14. The number of benzene rings is 1. The van der Waals surface area contributed by atoms with Gasteiger partial charge < -0.3 is 5.11 Å². The van der Waals surface area contributed by atoms with Crippen LogP contribution in [0.2, 0.25) is 0 Å². The molecule has 1 heterocycles. The highest BCUT2D eigenvalue weighted by Crippen LogP contribution is 2.22. The molecule has 1 aliphatic rings. The van der Waals surface area contributed by atoms with Crippen LogP contribution in [0.15, 0.2) is 24.3 Å². The summed E-state index contributed by atoms with van der Waals surface area (Å²) in [6.45, 7) is -0.621. The molecule has 0 radical (unpaired) electrons. The molecule has 7 heteroatoms. The first-order valence-electron chi connectivity index (χ1n) is 5.76. The summed E-state index contributed by atoms with van der Waals surface area (Å²) < 4.78 is 0. The van der Waals surface area contributed by atoms with Gasteiger partial charge in [0.2, 0.25) is 6.54 Å². The summed E-state index contributed by atoms with van der Waals surface area (Å²) in [6.07, 6.45) is -1.17.